The summed E-state index contributed by atoms with van der Waals surface area (Å²) in [5.41, 5.74) is 0.905. The quantitative estimate of drug-likeness (QED) is 0.791. The number of ether oxygens (including phenoxy) is 1. The maximum Gasteiger partial charge on any atom is 0.323 e. The van der Waals surface area contributed by atoms with Gasteiger partial charge in [0.2, 0.25) is 0 Å². The molecule has 0 bridgehead atoms. The third-order valence-corrected chi connectivity index (χ3v) is 2.46. The van der Waals surface area contributed by atoms with E-state index >= 15 is 0 Å². The van der Waals surface area contributed by atoms with Crippen LogP contribution in [0.4, 0.5) is 4.39 Å². The molecule has 1 rings (SSSR count). The highest BCUT2D eigenvalue weighted by Gasteiger charge is 2.20. The Labute approximate surface area is 107 Å². The first-order valence-electron chi connectivity index (χ1n) is 6.20. The van der Waals surface area contributed by atoms with Crippen LogP contribution in [-0.4, -0.2) is 24.7 Å². The molecular weight excluding hydrogens is 233 g/mol. The Morgan fingerprint density at radius 1 is 1.33 bits per heavy atom. The fourth-order valence-electron chi connectivity index (χ4n) is 1.71. The molecule has 0 heterocycles. The molecule has 1 aromatic carbocycles. The van der Waals surface area contributed by atoms with Gasteiger partial charge in [-0.2, -0.15) is 0 Å². The van der Waals surface area contributed by atoms with Gasteiger partial charge < -0.3 is 10.1 Å². The molecule has 1 aromatic rings. The SMILES string of the molecule is CCOC(=O)[C@H](Cc1ccc(F)cc1)NC(C)C. The summed E-state index contributed by atoms with van der Waals surface area (Å²) in [5, 5.41) is 3.16. The van der Waals surface area contributed by atoms with E-state index in [1.165, 1.54) is 12.1 Å². The molecule has 0 aliphatic carbocycles. The molecule has 0 unspecified atom stereocenters. The van der Waals surface area contributed by atoms with Gasteiger partial charge in [-0.1, -0.05) is 26.0 Å². The molecule has 0 aliphatic heterocycles. The second-order valence-electron chi connectivity index (χ2n) is 4.46. The van der Waals surface area contributed by atoms with Crippen molar-refractivity contribution in [2.75, 3.05) is 6.61 Å². The summed E-state index contributed by atoms with van der Waals surface area (Å²) < 4.78 is 17.8. The van der Waals surface area contributed by atoms with Crippen molar-refractivity contribution in [3.05, 3.63) is 35.6 Å². The molecule has 0 aromatic heterocycles. The normalized spacial score (nSPS) is 12.5. The molecular formula is C14H20FNO2. The van der Waals surface area contributed by atoms with E-state index in [1.807, 2.05) is 13.8 Å². The molecule has 1 N–H and O–H groups in total. The molecule has 4 heteroatoms. The van der Waals surface area contributed by atoms with Gasteiger partial charge in [-0.05, 0) is 31.0 Å². The molecule has 0 saturated carbocycles. The highest BCUT2D eigenvalue weighted by molar-refractivity contribution is 5.76. The number of esters is 1. The van der Waals surface area contributed by atoms with E-state index in [1.54, 1.807) is 19.1 Å². The van der Waals surface area contributed by atoms with E-state index in [0.717, 1.165) is 5.56 Å². The van der Waals surface area contributed by atoms with E-state index in [0.29, 0.717) is 13.0 Å². The Morgan fingerprint density at radius 2 is 1.94 bits per heavy atom. The number of nitrogens with one attached hydrogen (secondary N) is 1. The minimum Gasteiger partial charge on any atom is -0.465 e. The molecule has 0 aliphatic rings. The van der Waals surface area contributed by atoms with Crippen LogP contribution in [0.1, 0.15) is 26.3 Å². The average Bonchev–Trinajstić information content (AvgIpc) is 2.31. The Hall–Kier alpha value is -1.42. The fraction of sp³-hybridized carbons (Fsp3) is 0.500. The van der Waals surface area contributed by atoms with Crippen molar-refractivity contribution in [1.82, 2.24) is 5.32 Å². The summed E-state index contributed by atoms with van der Waals surface area (Å²) in [6.45, 7) is 6.08. The van der Waals surface area contributed by atoms with Crippen LogP contribution in [0.5, 0.6) is 0 Å². The number of carbonyl (C=O) groups is 1. The van der Waals surface area contributed by atoms with Gasteiger partial charge in [0.1, 0.15) is 11.9 Å². The fourth-order valence-corrected chi connectivity index (χ4v) is 1.71. The van der Waals surface area contributed by atoms with E-state index in [-0.39, 0.29) is 17.8 Å². The number of carbonyl (C=O) groups excluding carboxylic acids is 1. The Kier molecular flexibility index (Phi) is 5.78. The second-order valence-corrected chi connectivity index (χ2v) is 4.46. The molecule has 3 nitrogen and oxygen atoms in total. The average molecular weight is 253 g/mol. The monoisotopic (exact) mass is 253 g/mol. The molecule has 1 atom stereocenters. The first kappa shape index (κ1) is 14.6. The number of hydrogen-bond donors (Lipinski definition) is 1. The van der Waals surface area contributed by atoms with Crippen molar-refractivity contribution in [1.29, 1.82) is 0 Å². The van der Waals surface area contributed by atoms with Crippen LogP contribution in [-0.2, 0) is 16.0 Å². The highest BCUT2D eigenvalue weighted by Crippen LogP contribution is 2.07. The summed E-state index contributed by atoms with van der Waals surface area (Å²) in [5.74, 6) is -0.543. The third kappa shape index (κ3) is 4.84. The van der Waals surface area contributed by atoms with Crippen molar-refractivity contribution >= 4 is 5.97 Å². The maximum atomic E-state index is 12.8. The molecule has 100 valence electrons. The van der Waals surface area contributed by atoms with Gasteiger partial charge in [0.15, 0.2) is 0 Å². The van der Waals surface area contributed by atoms with E-state index < -0.39 is 6.04 Å². The van der Waals surface area contributed by atoms with Gasteiger partial charge in [0.05, 0.1) is 6.61 Å². The second kappa shape index (κ2) is 7.11. The van der Waals surface area contributed by atoms with Crippen molar-refractivity contribution < 1.29 is 13.9 Å². The molecule has 0 amide bonds. The predicted octanol–water partition coefficient (Wildman–Crippen LogP) is 2.30. The summed E-state index contributed by atoms with van der Waals surface area (Å²) in [6.07, 6.45) is 0.497. The van der Waals surface area contributed by atoms with Gasteiger partial charge in [-0.25, -0.2) is 4.39 Å². The van der Waals surface area contributed by atoms with Crippen LogP contribution >= 0.6 is 0 Å². The number of halogens is 1. The van der Waals surface area contributed by atoms with E-state index in [9.17, 15) is 9.18 Å². The van der Waals surface area contributed by atoms with Gasteiger partial charge in [0.25, 0.3) is 0 Å². The molecule has 0 fully saturated rings. The minimum absolute atomic E-state index is 0.180. The van der Waals surface area contributed by atoms with Gasteiger partial charge in [0, 0.05) is 6.04 Å². The standard InChI is InChI=1S/C14H20FNO2/c1-4-18-14(17)13(16-10(2)3)9-11-5-7-12(15)8-6-11/h5-8,10,13,16H,4,9H2,1-3H3/t13-/m0/s1. The van der Waals surface area contributed by atoms with Crippen molar-refractivity contribution in [2.24, 2.45) is 0 Å². The van der Waals surface area contributed by atoms with Crippen LogP contribution < -0.4 is 5.32 Å². The topological polar surface area (TPSA) is 38.3 Å². The van der Waals surface area contributed by atoms with Crippen LogP contribution in [0.3, 0.4) is 0 Å². The number of benzene rings is 1. The molecule has 18 heavy (non-hydrogen) atoms. The Bertz CT molecular complexity index is 376. The third-order valence-electron chi connectivity index (χ3n) is 2.46. The van der Waals surface area contributed by atoms with Crippen molar-refractivity contribution in [3.63, 3.8) is 0 Å². The largest absolute Gasteiger partial charge is 0.465 e. The lowest BCUT2D eigenvalue weighted by molar-refractivity contribution is -0.145. The van der Waals surface area contributed by atoms with Crippen LogP contribution in [0.15, 0.2) is 24.3 Å². The van der Waals surface area contributed by atoms with Crippen LogP contribution in [0.25, 0.3) is 0 Å². The predicted molar refractivity (Wildman–Crippen MR) is 68.8 cm³/mol. The number of rotatable bonds is 6. The van der Waals surface area contributed by atoms with Crippen molar-refractivity contribution in [2.45, 2.75) is 39.3 Å². The summed E-state index contributed by atoms with van der Waals surface area (Å²) in [4.78, 5) is 11.8. The molecule has 0 spiro atoms. The van der Waals surface area contributed by atoms with E-state index in [4.69, 9.17) is 4.74 Å². The Balaban J connectivity index is 2.71. The molecule has 0 saturated heterocycles. The zero-order valence-electron chi connectivity index (χ0n) is 11.1. The maximum absolute atomic E-state index is 12.8. The highest BCUT2D eigenvalue weighted by atomic mass is 19.1. The lowest BCUT2D eigenvalue weighted by Gasteiger charge is -2.19. The summed E-state index contributed by atoms with van der Waals surface area (Å²) in [6, 6.07) is 5.95. The zero-order chi connectivity index (χ0) is 13.5. The summed E-state index contributed by atoms with van der Waals surface area (Å²) in [7, 11) is 0. The van der Waals surface area contributed by atoms with Gasteiger partial charge in [-0.3, -0.25) is 4.79 Å². The summed E-state index contributed by atoms with van der Waals surface area (Å²) >= 11 is 0. The number of hydrogen-bond acceptors (Lipinski definition) is 3. The first-order valence-corrected chi connectivity index (χ1v) is 6.20. The minimum atomic E-state index is -0.393. The van der Waals surface area contributed by atoms with Crippen molar-refractivity contribution in [3.8, 4) is 0 Å². The zero-order valence-corrected chi connectivity index (χ0v) is 11.1. The van der Waals surface area contributed by atoms with Crippen LogP contribution in [0, 0.1) is 5.82 Å². The lowest BCUT2D eigenvalue weighted by atomic mass is 10.1. The van der Waals surface area contributed by atoms with E-state index in [2.05, 4.69) is 5.32 Å². The van der Waals surface area contributed by atoms with Gasteiger partial charge >= 0.3 is 5.97 Å². The van der Waals surface area contributed by atoms with Gasteiger partial charge in [-0.15, -0.1) is 0 Å². The first-order chi connectivity index (χ1) is 8.52. The smallest absolute Gasteiger partial charge is 0.323 e. The Morgan fingerprint density at radius 3 is 2.44 bits per heavy atom. The lowest BCUT2D eigenvalue weighted by Crippen LogP contribution is -2.43. The molecule has 0 radical (unpaired) electrons. The van der Waals surface area contributed by atoms with Crippen LogP contribution in [0.2, 0.25) is 0 Å².